The Morgan fingerprint density at radius 2 is 2.05 bits per heavy atom. The van der Waals surface area contributed by atoms with Crippen molar-refractivity contribution in [3.63, 3.8) is 0 Å². The third-order valence-corrected chi connectivity index (χ3v) is 8.59. The lowest BCUT2D eigenvalue weighted by atomic mass is 9.50. The van der Waals surface area contributed by atoms with Gasteiger partial charge in [0.2, 0.25) is 0 Å². The zero-order valence-corrected chi connectivity index (χ0v) is 14.4. The van der Waals surface area contributed by atoms with Crippen LogP contribution in [0.1, 0.15) is 64.7 Å². The summed E-state index contributed by atoms with van der Waals surface area (Å²) in [5.41, 5.74) is 1.35. The minimum absolute atomic E-state index is 0.0347. The molecule has 120 valence electrons. The van der Waals surface area contributed by atoms with Crippen molar-refractivity contribution in [2.24, 2.45) is 22.7 Å². The quantitative estimate of drug-likeness (QED) is 0.414. The molecule has 0 aliphatic heterocycles. The van der Waals surface area contributed by atoms with E-state index in [1.54, 1.807) is 6.21 Å². The number of Topliss-reactive ketones (excluding diaryl/α,β-unsaturated/α-hetero) is 1. The second-order valence-electron chi connectivity index (χ2n) is 8.36. The Kier molecular flexibility index (Phi) is 3.21. The summed E-state index contributed by atoms with van der Waals surface area (Å²) >= 11 is 5.24. The fourth-order valence-corrected chi connectivity index (χ4v) is 6.95. The van der Waals surface area contributed by atoms with Crippen LogP contribution < -0.4 is 0 Å². The molecule has 5 atom stereocenters. The van der Waals surface area contributed by atoms with E-state index in [0.717, 1.165) is 44.9 Å². The van der Waals surface area contributed by atoms with Gasteiger partial charge in [-0.25, -0.2) is 0 Å². The summed E-state index contributed by atoms with van der Waals surface area (Å²) in [6, 6.07) is 0. The number of nitrogens with one attached hydrogen (secondary N) is 1. The standard InChI is InChI=1S/C19H27NOS/c1-17-10-7-15-13(14(17)4-5-16(17)21)6-11-18(12-20)8-2-3-9-19(15,18)22/h7,12-14,20,22H,2-6,8-11H2,1H3/t13-,14?,17-,18-,19-/m0/s1. The van der Waals surface area contributed by atoms with Gasteiger partial charge in [0.05, 0.1) is 0 Å². The smallest absolute Gasteiger partial charge is 0.139 e. The van der Waals surface area contributed by atoms with Gasteiger partial charge in [0.15, 0.2) is 0 Å². The molecule has 0 aromatic rings. The molecule has 0 aromatic carbocycles. The highest BCUT2D eigenvalue weighted by atomic mass is 32.1. The van der Waals surface area contributed by atoms with Crippen molar-refractivity contribution >= 4 is 24.6 Å². The van der Waals surface area contributed by atoms with E-state index in [9.17, 15) is 4.79 Å². The Morgan fingerprint density at radius 3 is 2.82 bits per heavy atom. The third kappa shape index (κ3) is 1.64. The second kappa shape index (κ2) is 4.72. The number of fused-ring (bicyclic) bond motifs is 5. The van der Waals surface area contributed by atoms with E-state index in [2.05, 4.69) is 13.0 Å². The van der Waals surface area contributed by atoms with Crippen LogP contribution in [0.4, 0.5) is 0 Å². The Morgan fingerprint density at radius 1 is 1.27 bits per heavy atom. The van der Waals surface area contributed by atoms with E-state index >= 15 is 0 Å². The van der Waals surface area contributed by atoms with Crippen LogP contribution >= 0.6 is 12.6 Å². The van der Waals surface area contributed by atoms with Crippen LogP contribution in [-0.4, -0.2) is 16.7 Å². The average Bonchev–Trinajstić information content (AvgIpc) is 2.82. The molecule has 4 aliphatic rings. The second-order valence-corrected chi connectivity index (χ2v) is 9.13. The van der Waals surface area contributed by atoms with Gasteiger partial charge in [0.25, 0.3) is 0 Å². The summed E-state index contributed by atoms with van der Waals surface area (Å²) in [5.74, 6) is 1.54. The monoisotopic (exact) mass is 317 g/mol. The Hall–Kier alpha value is -0.570. The molecule has 4 aliphatic carbocycles. The minimum atomic E-state index is -0.122. The molecule has 0 saturated heterocycles. The number of thiol groups is 1. The summed E-state index contributed by atoms with van der Waals surface area (Å²) in [6.45, 7) is 2.20. The first-order chi connectivity index (χ1) is 10.5. The van der Waals surface area contributed by atoms with Gasteiger partial charge in [0.1, 0.15) is 5.78 Å². The predicted octanol–water partition coefficient (Wildman–Crippen LogP) is 4.59. The van der Waals surface area contributed by atoms with Crippen molar-refractivity contribution < 1.29 is 4.79 Å². The lowest BCUT2D eigenvalue weighted by molar-refractivity contribution is -0.127. The molecule has 0 heterocycles. The van der Waals surface area contributed by atoms with Crippen LogP contribution in [0.3, 0.4) is 0 Å². The van der Waals surface area contributed by atoms with E-state index < -0.39 is 0 Å². The zero-order chi connectivity index (χ0) is 15.6. The van der Waals surface area contributed by atoms with Crippen molar-refractivity contribution in [3.8, 4) is 0 Å². The number of carbonyl (C=O) groups is 1. The van der Waals surface area contributed by atoms with Gasteiger partial charge in [-0.3, -0.25) is 4.79 Å². The van der Waals surface area contributed by atoms with Crippen LogP contribution in [0.25, 0.3) is 0 Å². The summed E-state index contributed by atoms with van der Waals surface area (Å²) in [5, 5.41) is 8.11. The molecule has 0 radical (unpaired) electrons. The maximum Gasteiger partial charge on any atom is 0.139 e. The number of rotatable bonds is 1. The molecule has 0 amide bonds. The van der Waals surface area contributed by atoms with Gasteiger partial charge in [-0.1, -0.05) is 31.4 Å². The lowest BCUT2D eigenvalue weighted by Crippen LogP contribution is -2.56. The fourth-order valence-electron chi connectivity index (χ4n) is 6.25. The zero-order valence-electron chi connectivity index (χ0n) is 13.5. The van der Waals surface area contributed by atoms with E-state index in [-0.39, 0.29) is 15.6 Å². The van der Waals surface area contributed by atoms with E-state index in [4.69, 9.17) is 18.0 Å². The number of hydrogen-bond donors (Lipinski definition) is 2. The number of hydrogen-bond acceptors (Lipinski definition) is 3. The lowest BCUT2D eigenvalue weighted by Gasteiger charge is -2.59. The molecule has 0 spiro atoms. The van der Waals surface area contributed by atoms with E-state index in [1.807, 2.05) is 0 Å². The number of ketones is 1. The number of allylic oxidation sites excluding steroid dienone is 1. The molecule has 22 heavy (non-hydrogen) atoms. The van der Waals surface area contributed by atoms with Crippen molar-refractivity contribution in [1.82, 2.24) is 0 Å². The summed E-state index contributed by atoms with van der Waals surface area (Å²) in [4.78, 5) is 12.4. The molecule has 2 nitrogen and oxygen atoms in total. The highest BCUT2D eigenvalue weighted by Crippen LogP contribution is 2.65. The van der Waals surface area contributed by atoms with Gasteiger partial charge in [-0.05, 0) is 50.4 Å². The maximum absolute atomic E-state index is 12.4. The SMILES string of the molecule is C[C@]12CC=C3[C@@H](CC[C@]4(C=N)CCCC[C@]34S)C1CCC2=O. The first-order valence-corrected chi connectivity index (χ1v) is 9.39. The highest BCUT2D eigenvalue weighted by Gasteiger charge is 2.61. The van der Waals surface area contributed by atoms with Gasteiger partial charge >= 0.3 is 0 Å². The van der Waals surface area contributed by atoms with Gasteiger partial charge in [0, 0.05) is 28.2 Å². The molecule has 3 fully saturated rings. The minimum Gasteiger partial charge on any atom is -0.312 e. The first kappa shape index (κ1) is 15.0. The van der Waals surface area contributed by atoms with E-state index in [0.29, 0.717) is 17.6 Å². The van der Waals surface area contributed by atoms with Crippen LogP contribution in [0.5, 0.6) is 0 Å². The molecular formula is C19H27NOS. The Balaban J connectivity index is 1.79. The van der Waals surface area contributed by atoms with Gasteiger partial charge < -0.3 is 5.41 Å². The summed E-state index contributed by atoms with van der Waals surface area (Å²) < 4.78 is -0.122. The molecule has 3 saturated carbocycles. The predicted molar refractivity (Wildman–Crippen MR) is 92.7 cm³/mol. The molecule has 1 unspecified atom stereocenters. The van der Waals surface area contributed by atoms with E-state index in [1.165, 1.54) is 18.4 Å². The normalized spacial score (nSPS) is 50.6. The highest BCUT2D eigenvalue weighted by molar-refractivity contribution is 7.82. The summed E-state index contributed by atoms with van der Waals surface area (Å²) in [7, 11) is 0. The molecule has 0 aromatic heterocycles. The van der Waals surface area contributed by atoms with Crippen molar-refractivity contribution in [2.45, 2.75) is 69.5 Å². The van der Waals surface area contributed by atoms with Crippen LogP contribution in [0, 0.1) is 28.1 Å². The topological polar surface area (TPSA) is 40.9 Å². The molecule has 4 rings (SSSR count). The number of carbonyl (C=O) groups excluding carboxylic acids is 1. The van der Waals surface area contributed by atoms with Crippen molar-refractivity contribution in [1.29, 1.82) is 5.41 Å². The average molecular weight is 317 g/mol. The van der Waals surface area contributed by atoms with Crippen molar-refractivity contribution in [2.75, 3.05) is 0 Å². The Bertz CT molecular complexity index is 570. The molecule has 3 heteroatoms. The molecule has 1 N–H and O–H groups in total. The Labute approximate surface area is 139 Å². The largest absolute Gasteiger partial charge is 0.312 e. The van der Waals surface area contributed by atoms with Gasteiger partial charge in [-0.15, -0.1) is 0 Å². The van der Waals surface area contributed by atoms with Crippen LogP contribution in [0.15, 0.2) is 11.6 Å². The molecular weight excluding hydrogens is 290 g/mol. The maximum atomic E-state index is 12.4. The third-order valence-electron chi connectivity index (χ3n) is 7.66. The fraction of sp³-hybridized carbons (Fsp3) is 0.789. The van der Waals surface area contributed by atoms with Crippen molar-refractivity contribution in [3.05, 3.63) is 11.6 Å². The molecule has 0 bridgehead atoms. The van der Waals surface area contributed by atoms with Crippen LogP contribution in [0.2, 0.25) is 0 Å². The van der Waals surface area contributed by atoms with Gasteiger partial charge in [-0.2, -0.15) is 12.6 Å². The van der Waals surface area contributed by atoms with Crippen LogP contribution in [-0.2, 0) is 4.79 Å². The summed E-state index contributed by atoms with van der Waals surface area (Å²) in [6.07, 6.45) is 13.8. The first-order valence-electron chi connectivity index (χ1n) is 8.95.